The van der Waals surface area contributed by atoms with Crippen molar-refractivity contribution in [1.82, 2.24) is 0 Å². The molecule has 0 radical (unpaired) electrons. The van der Waals surface area contributed by atoms with E-state index >= 15 is 0 Å². The smallest absolute Gasteiger partial charge is 0.0748 e. The van der Waals surface area contributed by atoms with Crippen molar-refractivity contribution >= 4 is 11.4 Å². The number of rotatable bonds is 2. The van der Waals surface area contributed by atoms with Gasteiger partial charge in [0, 0.05) is 23.8 Å². The van der Waals surface area contributed by atoms with Crippen LogP contribution in [-0.4, -0.2) is 24.0 Å². The Morgan fingerprint density at radius 1 is 1.23 bits per heavy atom. The first-order valence-electron chi connectivity index (χ1n) is 8.83. The SMILES string of the molecule is CC1=NC(C=CC(C)C)C2CC3=C4C(=NC3)CCCC4=C2C1. The van der Waals surface area contributed by atoms with E-state index in [0.29, 0.717) is 17.9 Å². The van der Waals surface area contributed by atoms with Crippen LogP contribution in [0.15, 0.2) is 44.4 Å². The maximum atomic E-state index is 4.99. The molecule has 1 fully saturated rings. The molecule has 1 saturated carbocycles. The first kappa shape index (κ1) is 14.2. The van der Waals surface area contributed by atoms with Crippen LogP contribution in [0.5, 0.6) is 0 Å². The fourth-order valence-corrected chi connectivity index (χ4v) is 4.55. The highest BCUT2D eigenvalue weighted by Gasteiger charge is 2.39. The number of fused-ring (bicyclic) bond motifs is 1. The summed E-state index contributed by atoms with van der Waals surface area (Å²) in [6.07, 6.45) is 10.7. The summed E-state index contributed by atoms with van der Waals surface area (Å²) in [5.74, 6) is 1.20. The molecule has 0 bridgehead atoms. The van der Waals surface area contributed by atoms with E-state index in [-0.39, 0.29) is 0 Å². The van der Waals surface area contributed by atoms with Crippen LogP contribution in [0.3, 0.4) is 0 Å². The predicted octanol–water partition coefficient (Wildman–Crippen LogP) is 4.68. The minimum Gasteiger partial charge on any atom is -0.286 e. The second kappa shape index (κ2) is 5.33. The molecule has 2 aliphatic heterocycles. The molecular weight excluding hydrogens is 268 g/mol. The van der Waals surface area contributed by atoms with Crippen molar-refractivity contribution in [3.63, 3.8) is 0 Å². The molecule has 2 heterocycles. The third-order valence-electron chi connectivity index (χ3n) is 5.47. The van der Waals surface area contributed by atoms with E-state index in [2.05, 4.69) is 32.9 Å². The number of hydrogen-bond donors (Lipinski definition) is 0. The van der Waals surface area contributed by atoms with Crippen LogP contribution in [-0.2, 0) is 0 Å². The lowest BCUT2D eigenvalue weighted by Crippen LogP contribution is -2.32. The number of hydrogen-bond acceptors (Lipinski definition) is 2. The summed E-state index contributed by atoms with van der Waals surface area (Å²) in [4.78, 5) is 9.82. The summed E-state index contributed by atoms with van der Waals surface area (Å²) in [6.45, 7) is 7.65. The predicted molar refractivity (Wildman–Crippen MR) is 93.8 cm³/mol. The Morgan fingerprint density at radius 2 is 2.09 bits per heavy atom. The summed E-state index contributed by atoms with van der Waals surface area (Å²) < 4.78 is 0. The van der Waals surface area contributed by atoms with Gasteiger partial charge in [-0.15, -0.1) is 0 Å². The van der Waals surface area contributed by atoms with Crippen LogP contribution in [0, 0.1) is 11.8 Å². The van der Waals surface area contributed by atoms with Gasteiger partial charge in [-0.1, -0.05) is 31.6 Å². The molecule has 2 unspecified atom stereocenters. The number of aliphatic imine (C=N–C) groups is 2. The average Bonchev–Trinajstić information content (AvgIpc) is 2.90. The van der Waals surface area contributed by atoms with Crippen LogP contribution >= 0.6 is 0 Å². The second-order valence-corrected chi connectivity index (χ2v) is 7.57. The van der Waals surface area contributed by atoms with Crippen molar-refractivity contribution in [1.29, 1.82) is 0 Å². The van der Waals surface area contributed by atoms with Gasteiger partial charge in [0.1, 0.15) is 0 Å². The van der Waals surface area contributed by atoms with E-state index in [1.54, 1.807) is 22.3 Å². The molecule has 0 amide bonds. The molecule has 2 heteroatoms. The summed E-state index contributed by atoms with van der Waals surface area (Å²) in [5.41, 5.74) is 9.26. The van der Waals surface area contributed by atoms with Gasteiger partial charge in [-0.2, -0.15) is 0 Å². The van der Waals surface area contributed by atoms with Gasteiger partial charge in [0.15, 0.2) is 0 Å². The Labute approximate surface area is 133 Å². The highest BCUT2D eigenvalue weighted by atomic mass is 14.8. The monoisotopic (exact) mass is 294 g/mol. The Hall–Kier alpha value is -1.44. The fraction of sp³-hybridized carbons (Fsp3) is 0.600. The molecule has 22 heavy (non-hydrogen) atoms. The zero-order valence-electron chi connectivity index (χ0n) is 14.0. The molecular formula is C20H26N2. The molecule has 0 aromatic rings. The Bertz CT molecular complexity index is 655. The highest BCUT2D eigenvalue weighted by molar-refractivity contribution is 6.08. The Kier molecular flexibility index (Phi) is 3.43. The standard InChI is InChI=1S/C20H26N2/c1-12(2)7-8-18-17-10-14-11-21-19-6-4-5-15(20(14)19)16(17)9-13(3)22-18/h7-8,12,17-18H,4-6,9-11H2,1-3H3. The lowest BCUT2D eigenvalue weighted by atomic mass is 9.69. The third-order valence-corrected chi connectivity index (χ3v) is 5.47. The van der Waals surface area contributed by atoms with Crippen LogP contribution in [0.2, 0.25) is 0 Å². The van der Waals surface area contributed by atoms with Gasteiger partial charge in [-0.3, -0.25) is 9.98 Å². The van der Waals surface area contributed by atoms with Crippen molar-refractivity contribution in [3.8, 4) is 0 Å². The van der Waals surface area contributed by atoms with E-state index in [0.717, 1.165) is 13.0 Å². The average molecular weight is 294 g/mol. The van der Waals surface area contributed by atoms with E-state index in [1.165, 1.54) is 37.1 Å². The van der Waals surface area contributed by atoms with Crippen LogP contribution in [0.4, 0.5) is 0 Å². The van der Waals surface area contributed by atoms with Gasteiger partial charge < -0.3 is 0 Å². The molecule has 4 aliphatic rings. The van der Waals surface area contributed by atoms with Crippen LogP contribution in [0.25, 0.3) is 0 Å². The maximum absolute atomic E-state index is 4.99. The summed E-state index contributed by atoms with van der Waals surface area (Å²) in [6, 6.07) is 0.346. The Balaban J connectivity index is 1.75. The van der Waals surface area contributed by atoms with Gasteiger partial charge >= 0.3 is 0 Å². The Morgan fingerprint density at radius 3 is 2.91 bits per heavy atom. The van der Waals surface area contributed by atoms with Gasteiger partial charge in [0.25, 0.3) is 0 Å². The molecule has 0 saturated heterocycles. The fourth-order valence-electron chi connectivity index (χ4n) is 4.55. The van der Waals surface area contributed by atoms with Gasteiger partial charge in [-0.25, -0.2) is 0 Å². The van der Waals surface area contributed by atoms with E-state index in [4.69, 9.17) is 9.98 Å². The maximum Gasteiger partial charge on any atom is 0.0748 e. The van der Waals surface area contributed by atoms with Gasteiger partial charge in [-0.05, 0) is 55.2 Å². The van der Waals surface area contributed by atoms with Crippen molar-refractivity contribution in [3.05, 3.63) is 34.4 Å². The lowest BCUT2D eigenvalue weighted by Gasteiger charge is -2.38. The zero-order chi connectivity index (χ0) is 15.3. The van der Waals surface area contributed by atoms with Crippen molar-refractivity contribution < 1.29 is 0 Å². The van der Waals surface area contributed by atoms with Gasteiger partial charge in [0.2, 0.25) is 0 Å². The van der Waals surface area contributed by atoms with Gasteiger partial charge in [0.05, 0.1) is 12.6 Å². The highest BCUT2D eigenvalue weighted by Crippen LogP contribution is 2.47. The first-order chi connectivity index (χ1) is 10.6. The minimum absolute atomic E-state index is 0.346. The van der Waals surface area contributed by atoms with Crippen LogP contribution < -0.4 is 0 Å². The summed E-state index contributed by atoms with van der Waals surface area (Å²) in [5, 5.41) is 0. The molecule has 0 N–H and O–H groups in total. The normalized spacial score (nSPS) is 30.7. The topological polar surface area (TPSA) is 24.7 Å². The van der Waals surface area contributed by atoms with E-state index < -0.39 is 0 Å². The molecule has 0 aromatic heterocycles. The molecule has 2 atom stereocenters. The quantitative estimate of drug-likeness (QED) is 0.660. The third kappa shape index (κ3) is 2.24. The summed E-state index contributed by atoms with van der Waals surface area (Å²) in [7, 11) is 0. The largest absolute Gasteiger partial charge is 0.286 e. The lowest BCUT2D eigenvalue weighted by molar-refractivity contribution is 0.500. The minimum atomic E-state index is 0.346. The zero-order valence-corrected chi connectivity index (χ0v) is 14.0. The van der Waals surface area contributed by atoms with Crippen molar-refractivity contribution in [2.75, 3.05) is 6.54 Å². The second-order valence-electron chi connectivity index (χ2n) is 7.57. The van der Waals surface area contributed by atoms with E-state index in [9.17, 15) is 0 Å². The summed E-state index contributed by atoms with van der Waals surface area (Å²) >= 11 is 0. The molecule has 2 aliphatic carbocycles. The first-order valence-corrected chi connectivity index (χ1v) is 8.83. The molecule has 0 aromatic carbocycles. The molecule has 0 spiro atoms. The van der Waals surface area contributed by atoms with E-state index in [1.807, 2.05) is 0 Å². The number of allylic oxidation sites excluding steroid dienone is 3. The van der Waals surface area contributed by atoms with Crippen molar-refractivity contribution in [2.24, 2.45) is 21.8 Å². The molecule has 116 valence electrons. The molecule has 2 nitrogen and oxygen atoms in total. The van der Waals surface area contributed by atoms with Crippen molar-refractivity contribution in [2.45, 2.75) is 58.9 Å². The number of nitrogens with zero attached hydrogens (tertiary/aromatic N) is 2. The van der Waals surface area contributed by atoms with Crippen LogP contribution in [0.1, 0.15) is 52.9 Å². The molecule has 4 rings (SSSR count).